The Morgan fingerprint density at radius 1 is 1.07 bits per heavy atom. The molecular formula is C23H25NO3. The maximum atomic E-state index is 11.8. The van der Waals surface area contributed by atoms with Crippen molar-refractivity contribution < 1.29 is 15.0 Å². The first kappa shape index (κ1) is 18.9. The van der Waals surface area contributed by atoms with E-state index in [-0.39, 0.29) is 17.2 Å². The average Bonchev–Trinajstić information content (AvgIpc) is 2.62. The van der Waals surface area contributed by atoms with E-state index in [4.69, 9.17) is 0 Å². The predicted octanol–water partition coefficient (Wildman–Crippen LogP) is 5.25. The topological polar surface area (TPSA) is 70.4 Å². The second kappa shape index (κ2) is 7.78. The van der Waals surface area contributed by atoms with E-state index in [2.05, 4.69) is 37.9 Å². The Hall–Kier alpha value is -2.88. The van der Waals surface area contributed by atoms with E-state index in [1.54, 1.807) is 6.07 Å². The highest BCUT2D eigenvalue weighted by atomic mass is 16.4. The van der Waals surface area contributed by atoms with Crippen LogP contribution in [0.4, 0.5) is 0 Å². The van der Waals surface area contributed by atoms with Crippen LogP contribution >= 0.6 is 0 Å². The fourth-order valence-electron chi connectivity index (χ4n) is 3.54. The van der Waals surface area contributed by atoms with Crippen LogP contribution in [-0.4, -0.2) is 21.2 Å². The van der Waals surface area contributed by atoms with Crippen molar-refractivity contribution in [3.05, 3.63) is 70.4 Å². The molecule has 27 heavy (non-hydrogen) atoms. The molecule has 4 nitrogen and oxygen atoms in total. The minimum absolute atomic E-state index is 0.0478. The number of nitrogens with zero attached hydrogens (tertiary/aromatic N) is 1. The van der Waals surface area contributed by atoms with Crippen LogP contribution in [-0.2, 0) is 12.8 Å². The summed E-state index contributed by atoms with van der Waals surface area (Å²) in [4.78, 5) is 16.5. The lowest BCUT2D eigenvalue weighted by Crippen LogP contribution is -2.06. The number of benzene rings is 2. The summed E-state index contributed by atoms with van der Waals surface area (Å²) in [7, 11) is 0. The number of aryl methyl sites for hydroxylation is 3. The molecule has 0 fully saturated rings. The Labute approximate surface area is 159 Å². The van der Waals surface area contributed by atoms with Crippen molar-refractivity contribution >= 4 is 16.9 Å². The van der Waals surface area contributed by atoms with Gasteiger partial charge < -0.3 is 10.2 Å². The van der Waals surface area contributed by atoms with Gasteiger partial charge in [0.05, 0.1) is 11.2 Å². The number of pyridine rings is 1. The first-order valence-electron chi connectivity index (χ1n) is 9.32. The lowest BCUT2D eigenvalue weighted by molar-refractivity contribution is 0.0695. The van der Waals surface area contributed by atoms with Crippen molar-refractivity contribution in [3.8, 4) is 5.75 Å². The van der Waals surface area contributed by atoms with Crippen LogP contribution in [0.5, 0.6) is 5.75 Å². The van der Waals surface area contributed by atoms with Gasteiger partial charge in [-0.15, -0.1) is 0 Å². The largest absolute Gasteiger partial charge is 0.505 e. The fourth-order valence-corrected chi connectivity index (χ4v) is 3.54. The first-order valence-corrected chi connectivity index (χ1v) is 9.32. The molecule has 1 aromatic heterocycles. The molecule has 3 aromatic rings. The summed E-state index contributed by atoms with van der Waals surface area (Å²) in [6, 6.07) is 13.7. The Kier molecular flexibility index (Phi) is 5.45. The van der Waals surface area contributed by atoms with Crippen molar-refractivity contribution in [2.24, 2.45) is 0 Å². The molecule has 2 aromatic carbocycles. The zero-order valence-corrected chi connectivity index (χ0v) is 16.0. The molecule has 0 saturated carbocycles. The van der Waals surface area contributed by atoms with Gasteiger partial charge in [-0.3, -0.25) is 0 Å². The van der Waals surface area contributed by atoms with Gasteiger partial charge in [-0.05, 0) is 48.8 Å². The number of hydrogen-bond acceptors (Lipinski definition) is 3. The first-order chi connectivity index (χ1) is 12.9. The summed E-state index contributed by atoms with van der Waals surface area (Å²) >= 11 is 0. The summed E-state index contributed by atoms with van der Waals surface area (Å²) in [5, 5.41) is 20.8. The third kappa shape index (κ3) is 3.80. The van der Waals surface area contributed by atoms with Gasteiger partial charge in [-0.1, -0.05) is 56.3 Å². The van der Waals surface area contributed by atoms with E-state index in [0.29, 0.717) is 23.0 Å². The highest BCUT2D eigenvalue weighted by Crippen LogP contribution is 2.33. The lowest BCUT2D eigenvalue weighted by atomic mass is 9.95. The van der Waals surface area contributed by atoms with Gasteiger partial charge in [0.25, 0.3) is 0 Å². The van der Waals surface area contributed by atoms with Crippen molar-refractivity contribution in [2.45, 2.75) is 46.0 Å². The number of aromatic hydroxyl groups is 1. The highest BCUT2D eigenvalue weighted by Gasteiger charge is 2.21. The smallest absolute Gasteiger partial charge is 0.340 e. The van der Waals surface area contributed by atoms with Gasteiger partial charge >= 0.3 is 5.97 Å². The number of para-hydroxylation sites is 1. The molecule has 140 valence electrons. The minimum Gasteiger partial charge on any atom is -0.505 e. The van der Waals surface area contributed by atoms with Crippen molar-refractivity contribution in [1.82, 2.24) is 4.98 Å². The second-order valence-corrected chi connectivity index (χ2v) is 7.27. The molecule has 0 aliphatic heterocycles. The van der Waals surface area contributed by atoms with Crippen LogP contribution in [0, 0.1) is 6.92 Å². The monoisotopic (exact) mass is 363 g/mol. The summed E-state index contributed by atoms with van der Waals surface area (Å²) in [6.45, 7) is 6.20. The molecule has 0 amide bonds. The molecule has 4 heteroatoms. The van der Waals surface area contributed by atoms with Gasteiger partial charge in [-0.2, -0.15) is 0 Å². The minimum atomic E-state index is -1.12. The molecular weight excluding hydrogens is 338 g/mol. The van der Waals surface area contributed by atoms with Crippen LogP contribution in [0.25, 0.3) is 10.9 Å². The van der Waals surface area contributed by atoms with E-state index in [0.717, 1.165) is 18.4 Å². The second-order valence-electron chi connectivity index (χ2n) is 7.27. The number of carboxylic acid groups (broad SMARTS) is 1. The molecule has 0 unspecified atom stereocenters. The Balaban J connectivity index is 1.99. The van der Waals surface area contributed by atoms with Crippen LogP contribution < -0.4 is 0 Å². The van der Waals surface area contributed by atoms with Gasteiger partial charge in [0.15, 0.2) is 5.75 Å². The Morgan fingerprint density at radius 2 is 1.81 bits per heavy atom. The lowest BCUT2D eigenvalue weighted by Gasteiger charge is -2.15. The maximum absolute atomic E-state index is 11.8. The summed E-state index contributed by atoms with van der Waals surface area (Å²) in [5.74, 6) is -1.12. The van der Waals surface area contributed by atoms with Crippen LogP contribution in [0.2, 0.25) is 0 Å². The van der Waals surface area contributed by atoms with E-state index >= 15 is 0 Å². The van der Waals surface area contributed by atoms with E-state index < -0.39 is 5.97 Å². The van der Waals surface area contributed by atoms with E-state index in [9.17, 15) is 15.0 Å². The van der Waals surface area contributed by atoms with Gasteiger partial charge in [0, 0.05) is 5.39 Å². The molecule has 0 saturated heterocycles. The third-order valence-corrected chi connectivity index (χ3v) is 5.05. The number of carboxylic acids is 1. The van der Waals surface area contributed by atoms with E-state index in [1.807, 2.05) is 24.3 Å². The van der Waals surface area contributed by atoms with Crippen LogP contribution in [0.3, 0.4) is 0 Å². The standard InChI is InChI=1S/C23H25NO3/c1-14(2)17-11-7-12-18-20(23(26)27)22(25)19(24-21(17)18)13-6-10-16-9-5-4-8-15(16)3/h4-5,7-9,11-12,14,25H,6,10,13H2,1-3H3,(H,26,27). The van der Waals surface area contributed by atoms with E-state index in [1.165, 1.54) is 11.1 Å². The Bertz CT molecular complexity index is 992. The number of rotatable bonds is 6. The summed E-state index contributed by atoms with van der Waals surface area (Å²) < 4.78 is 0. The summed E-state index contributed by atoms with van der Waals surface area (Å²) in [5.41, 5.74) is 4.58. The van der Waals surface area contributed by atoms with Crippen LogP contribution in [0.15, 0.2) is 42.5 Å². The number of hydrogen-bond donors (Lipinski definition) is 2. The Morgan fingerprint density at radius 3 is 2.48 bits per heavy atom. The molecule has 3 rings (SSSR count). The van der Waals surface area contributed by atoms with Gasteiger partial charge in [0.2, 0.25) is 0 Å². The van der Waals surface area contributed by atoms with Gasteiger partial charge in [0.1, 0.15) is 5.56 Å². The predicted molar refractivity (Wildman–Crippen MR) is 108 cm³/mol. The highest BCUT2D eigenvalue weighted by molar-refractivity contribution is 6.06. The zero-order valence-electron chi connectivity index (χ0n) is 16.0. The molecule has 0 spiro atoms. The van der Waals surface area contributed by atoms with Crippen LogP contribution in [0.1, 0.15) is 58.9 Å². The molecule has 0 radical (unpaired) electrons. The fraction of sp³-hybridized carbons (Fsp3) is 0.304. The molecule has 2 N–H and O–H groups in total. The zero-order chi connectivity index (χ0) is 19.6. The molecule has 0 bridgehead atoms. The average molecular weight is 363 g/mol. The number of fused-ring (bicyclic) bond motifs is 1. The molecule has 0 aliphatic carbocycles. The summed E-state index contributed by atoms with van der Waals surface area (Å²) in [6.07, 6.45) is 2.18. The number of aromatic nitrogens is 1. The number of carbonyl (C=O) groups is 1. The van der Waals surface area contributed by atoms with Crippen molar-refractivity contribution in [3.63, 3.8) is 0 Å². The molecule has 0 atom stereocenters. The van der Waals surface area contributed by atoms with Gasteiger partial charge in [-0.25, -0.2) is 9.78 Å². The van der Waals surface area contributed by atoms with Crippen molar-refractivity contribution in [2.75, 3.05) is 0 Å². The third-order valence-electron chi connectivity index (χ3n) is 5.05. The molecule has 0 aliphatic rings. The molecule has 1 heterocycles. The normalized spacial score (nSPS) is 11.3. The number of aromatic carboxylic acids is 1. The maximum Gasteiger partial charge on any atom is 0.340 e. The SMILES string of the molecule is Cc1ccccc1CCCc1nc2c(C(C)C)cccc2c(C(=O)O)c1O. The van der Waals surface area contributed by atoms with Crippen molar-refractivity contribution in [1.29, 1.82) is 0 Å². The quantitative estimate of drug-likeness (QED) is 0.628.